The highest BCUT2D eigenvalue weighted by Gasteiger charge is 2.51. The molecule has 25 heteroatoms. The standard InChI is InChI=1S/C19H23N11O10P2S2/c20-18-25-15-10(16(32)26-18)27-28-29(15)17-13-11(31)9(44-17)4-37-41(33,34)39-12-7(2-36-8(12)3-38-42(35,43)40-13)6-1-24-30-14(6)22-5-23-19(30)21/h1,5,7-9,11-13,17,31H,2-4H2,(H,33,34)(H,35,43)(H2,21,22,23)(H3,20,25,26,32)/t7?,8-,9-,11-,12+,13-,17-,42?/m1/s1. The number of hydrogen-bond acceptors (Lipinski definition) is 18. The summed E-state index contributed by atoms with van der Waals surface area (Å²) in [4.78, 5) is 48.7. The molecule has 3 unspecified atom stereocenters. The van der Waals surface area contributed by atoms with Gasteiger partial charge < -0.3 is 35.6 Å². The number of nitrogens with one attached hydrogen (secondary N) is 1. The van der Waals surface area contributed by atoms with Crippen molar-refractivity contribution in [3.8, 4) is 0 Å². The molecule has 0 aliphatic carbocycles. The van der Waals surface area contributed by atoms with E-state index in [1.807, 2.05) is 0 Å². The number of aliphatic hydroxyl groups is 1. The van der Waals surface area contributed by atoms with Crippen molar-refractivity contribution in [3.63, 3.8) is 0 Å². The SMILES string of the molecule is Nc1nc2c(nnn2[C@@H]2S[C@@H]3COP(=O)(O)O[C@H]4C(c5cnn6c(N)ncnc56)CO[C@@H]4COP(O)(=S)O[C@@H]2[C@@H]3O)c(=O)[nH]1. The van der Waals surface area contributed by atoms with Crippen molar-refractivity contribution in [3.05, 3.63) is 28.4 Å². The van der Waals surface area contributed by atoms with Crippen LogP contribution < -0.4 is 17.0 Å². The Morgan fingerprint density at radius 3 is 2.75 bits per heavy atom. The molecule has 0 amide bonds. The van der Waals surface area contributed by atoms with E-state index in [2.05, 4.69) is 35.3 Å². The van der Waals surface area contributed by atoms with Crippen LogP contribution in [0.5, 0.6) is 0 Å². The van der Waals surface area contributed by atoms with Crippen LogP contribution in [0.4, 0.5) is 11.9 Å². The number of aromatic nitrogens is 9. The molecule has 236 valence electrons. The Hall–Kier alpha value is -2.66. The minimum Gasteiger partial charge on any atom is -0.389 e. The molecule has 4 aromatic heterocycles. The summed E-state index contributed by atoms with van der Waals surface area (Å²) in [6, 6.07) is 0. The lowest BCUT2D eigenvalue weighted by Gasteiger charge is -2.28. The van der Waals surface area contributed by atoms with Gasteiger partial charge in [0.25, 0.3) is 5.56 Å². The number of thioether (sulfide) groups is 1. The highest BCUT2D eigenvalue weighted by atomic mass is 32.5. The third-order valence-electron chi connectivity index (χ3n) is 7.23. The van der Waals surface area contributed by atoms with Crippen molar-refractivity contribution >= 4 is 66.8 Å². The molecule has 0 radical (unpaired) electrons. The van der Waals surface area contributed by atoms with Crippen molar-refractivity contribution in [2.24, 2.45) is 0 Å². The number of aliphatic hydroxyl groups excluding tert-OH is 1. The lowest BCUT2D eigenvalue weighted by molar-refractivity contribution is -0.00539. The Labute approximate surface area is 254 Å². The quantitative estimate of drug-likeness (QED) is 0.129. The Morgan fingerprint density at radius 2 is 1.93 bits per heavy atom. The molecule has 8 N–H and O–H groups in total. The fourth-order valence-electron chi connectivity index (χ4n) is 5.24. The number of aromatic amines is 1. The van der Waals surface area contributed by atoms with E-state index in [1.54, 1.807) is 0 Å². The first-order chi connectivity index (χ1) is 20.9. The first-order valence-electron chi connectivity index (χ1n) is 12.7. The minimum absolute atomic E-state index is 0.0182. The number of nitrogens with zero attached hydrogens (tertiary/aromatic N) is 8. The molecule has 3 aliphatic rings. The Bertz CT molecular complexity index is 1910. The molecule has 0 saturated carbocycles. The second kappa shape index (κ2) is 11.0. The van der Waals surface area contributed by atoms with E-state index in [4.69, 9.17) is 46.1 Å². The number of phosphoric ester groups is 1. The predicted octanol–water partition coefficient (Wildman–Crippen LogP) is -1.59. The molecule has 7 rings (SSSR count). The summed E-state index contributed by atoms with van der Waals surface area (Å²) >= 11 is 6.26. The molecular weight excluding hydrogens is 668 g/mol. The topological polar surface area (TPSA) is 295 Å². The molecule has 21 nitrogen and oxygen atoms in total. The number of hydrogen-bond donors (Lipinski definition) is 6. The molecular formula is C19H23N11O10P2S2. The summed E-state index contributed by atoms with van der Waals surface area (Å²) in [7, 11) is -4.83. The smallest absolute Gasteiger partial charge is 0.389 e. The van der Waals surface area contributed by atoms with Gasteiger partial charge in [0.2, 0.25) is 11.9 Å². The van der Waals surface area contributed by atoms with Crippen LogP contribution in [0.15, 0.2) is 17.3 Å². The monoisotopic (exact) mass is 691 g/mol. The lowest BCUT2D eigenvalue weighted by Crippen LogP contribution is -2.35. The first-order valence-corrected chi connectivity index (χ1v) is 17.7. The van der Waals surface area contributed by atoms with Gasteiger partial charge in [0.15, 0.2) is 16.8 Å². The molecule has 3 fully saturated rings. The van der Waals surface area contributed by atoms with Crippen LogP contribution in [0.25, 0.3) is 16.8 Å². The van der Waals surface area contributed by atoms with Gasteiger partial charge in [-0.25, -0.2) is 19.2 Å². The molecule has 3 saturated heterocycles. The van der Waals surface area contributed by atoms with E-state index in [0.717, 1.165) is 11.8 Å². The van der Waals surface area contributed by atoms with Gasteiger partial charge >= 0.3 is 14.5 Å². The Kier molecular flexibility index (Phi) is 7.50. The van der Waals surface area contributed by atoms with Crippen molar-refractivity contribution in [1.82, 2.24) is 44.5 Å². The van der Waals surface area contributed by atoms with Gasteiger partial charge in [-0.05, 0) is 11.8 Å². The summed E-state index contributed by atoms with van der Waals surface area (Å²) in [6.07, 6.45) is -2.27. The summed E-state index contributed by atoms with van der Waals surface area (Å²) in [5.41, 5.74) is 11.6. The van der Waals surface area contributed by atoms with Gasteiger partial charge in [-0.3, -0.25) is 23.3 Å². The van der Waals surface area contributed by atoms with Gasteiger partial charge in [-0.1, -0.05) is 5.21 Å². The summed E-state index contributed by atoms with van der Waals surface area (Å²) in [6.45, 7) is -5.11. The molecule has 7 heterocycles. The molecule has 9 atom stereocenters. The zero-order valence-electron chi connectivity index (χ0n) is 22.0. The average Bonchev–Trinajstić information content (AvgIpc) is 3.72. The maximum Gasteiger partial charge on any atom is 0.472 e. The van der Waals surface area contributed by atoms with Crippen molar-refractivity contribution in [1.29, 1.82) is 0 Å². The van der Waals surface area contributed by atoms with Crippen molar-refractivity contribution < 1.29 is 42.3 Å². The zero-order chi connectivity index (χ0) is 31.0. The van der Waals surface area contributed by atoms with E-state index in [1.165, 1.54) is 21.7 Å². The third-order valence-corrected chi connectivity index (χ3v) is 11.3. The van der Waals surface area contributed by atoms with E-state index >= 15 is 0 Å². The molecule has 2 bridgehead atoms. The second-order valence-electron chi connectivity index (χ2n) is 9.93. The largest absolute Gasteiger partial charge is 0.472 e. The van der Waals surface area contributed by atoms with Crippen LogP contribution in [0.1, 0.15) is 16.9 Å². The summed E-state index contributed by atoms with van der Waals surface area (Å²) in [5, 5.41) is 21.2. The molecule has 3 aliphatic heterocycles. The van der Waals surface area contributed by atoms with E-state index in [-0.39, 0.29) is 29.7 Å². The number of nitrogens with two attached hydrogens (primary N) is 2. The minimum atomic E-state index is -4.83. The van der Waals surface area contributed by atoms with E-state index in [0.29, 0.717) is 11.2 Å². The third kappa shape index (κ3) is 5.31. The number of rotatable bonds is 2. The summed E-state index contributed by atoms with van der Waals surface area (Å²) in [5.74, 6) is -0.849. The zero-order valence-corrected chi connectivity index (χ0v) is 25.4. The lowest BCUT2D eigenvalue weighted by atomic mass is 9.96. The number of H-pyrrole nitrogens is 1. The van der Waals surface area contributed by atoms with Gasteiger partial charge in [-0.2, -0.15) is 14.6 Å². The second-order valence-corrected chi connectivity index (χ2v) is 15.5. The van der Waals surface area contributed by atoms with Crippen LogP contribution in [-0.2, 0) is 39.2 Å². The number of ether oxygens (including phenoxy) is 1. The molecule has 0 aromatic carbocycles. The van der Waals surface area contributed by atoms with Gasteiger partial charge in [0.1, 0.15) is 30.0 Å². The average molecular weight is 692 g/mol. The van der Waals surface area contributed by atoms with Gasteiger partial charge in [0, 0.05) is 11.5 Å². The Morgan fingerprint density at radius 1 is 1.11 bits per heavy atom. The maximum absolute atomic E-state index is 13.3. The highest BCUT2D eigenvalue weighted by molar-refractivity contribution is 8.07. The van der Waals surface area contributed by atoms with Crippen LogP contribution in [0, 0.1) is 0 Å². The van der Waals surface area contributed by atoms with E-state index < -0.39 is 74.3 Å². The van der Waals surface area contributed by atoms with Crippen molar-refractivity contribution in [2.75, 3.05) is 31.3 Å². The van der Waals surface area contributed by atoms with Crippen LogP contribution in [0.3, 0.4) is 0 Å². The number of anilines is 2. The molecule has 44 heavy (non-hydrogen) atoms. The summed E-state index contributed by atoms with van der Waals surface area (Å²) < 4.78 is 44.0. The molecule has 0 spiro atoms. The number of nitrogen functional groups attached to an aromatic ring is 2. The normalized spacial score (nSPS) is 36.6. The highest BCUT2D eigenvalue weighted by Crippen LogP contribution is 2.56. The van der Waals surface area contributed by atoms with E-state index in [9.17, 15) is 24.3 Å². The fraction of sp³-hybridized carbons (Fsp3) is 0.526. The fourth-order valence-corrected chi connectivity index (χ4v) is 9.29. The molecule has 4 aromatic rings. The Balaban J connectivity index is 1.21. The van der Waals surface area contributed by atoms with Crippen LogP contribution >= 0.6 is 26.3 Å². The van der Waals surface area contributed by atoms with Crippen LogP contribution in [0.2, 0.25) is 0 Å². The van der Waals surface area contributed by atoms with Crippen molar-refractivity contribution in [2.45, 2.75) is 41.0 Å². The number of phosphoric acid groups is 1. The van der Waals surface area contributed by atoms with Crippen LogP contribution in [-0.4, -0.2) is 109 Å². The van der Waals surface area contributed by atoms with Gasteiger partial charge in [0.05, 0.1) is 37.4 Å². The van der Waals surface area contributed by atoms with Gasteiger partial charge in [-0.15, -0.1) is 16.9 Å². The first kappa shape index (κ1) is 30.0. The maximum atomic E-state index is 13.3. The predicted molar refractivity (Wildman–Crippen MR) is 152 cm³/mol. The number of fused-ring (bicyclic) bond motifs is 5.